The van der Waals surface area contributed by atoms with E-state index in [1.54, 1.807) is 13.0 Å². The molecular weight excluding hydrogens is 519 g/mol. The lowest BCUT2D eigenvalue weighted by molar-refractivity contribution is -0.130. The van der Waals surface area contributed by atoms with Crippen molar-refractivity contribution in [1.82, 2.24) is 0 Å². The highest BCUT2D eigenvalue weighted by Gasteiger charge is 2.21. The summed E-state index contributed by atoms with van der Waals surface area (Å²) in [7, 11) is 0. The van der Waals surface area contributed by atoms with Crippen molar-refractivity contribution in [2.75, 3.05) is 13.2 Å². The standard InChI is InChI=1S/C35H41FO5/c1-6-28-22-27(19-20-37)14-17-30(28)31-18-16-29(32(36)33(31)41-35(39)24(4)5)15-13-26-11-9-25(10-12-26)8-7-21-40-34(38)23(2)3/h9-12,14,16-18,22,34,37-38H,2,4,6-8,13,15,19-21H2,1,3,5H3. The Morgan fingerprint density at radius 2 is 1.51 bits per heavy atom. The van der Waals surface area contributed by atoms with Gasteiger partial charge in [0, 0.05) is 17.7 Å². The van der Waals surface area contributed by atoms with E-state index in [2.05, 4.69) is 25.3 Å². The van der Waals surface area contributed by atoms with Gasteiger partial charge in [-0.1, -0.05) is 74.7 Å². The molecule has 3 aromatic rings. The number of esters is 1. The first-order valence-corrected chi connectivity index (χ1v) is 14.1. The first-order chi connectivity index (χ1) is 19.6. The molecule has 0 aliphatic rings. The number of aliphatic hydroxyl groups is 2. The molecule has 3 aromatic carbocycles. The number of rotatable bonds is 15. The Bertz CT molecular complexity index is 1360. The quantitative estimate of drug-likeness (QED) is 0.0540. The number of hydrogen-bond donors (Lipinski definition) is 2. The van der Waals surface area contributed by atoms with E-state index in [-0.39, 0.29) is 17.9 Å². The summed E-state index contributed by atoms with van der Waals surface area (Å²) in [5, 5.41) is 19.0. The van der Waals surface area contributed by atoms with Gasteiger partial charge in [-0.05, 0) is 91.3 Å². The lowest BCUT2D eigenvalue weighted by atomic mass is 9.92. The lowest BCUT2D eigenvalue weighted by Crippen LogP contribution is -2.13. The van der Waals surface area contributed by atoms with E-state index in [1.165, 1.54) is 6.92 Å². The van der Waals surface area contributed by atoms with Gasteiger partial charge >= 0.3 is 5.97 Å². The minimum atomic E-state index is -0.928. The molecule has 0 bridgehead atoms. The van der Waals surface area contributed by atoms with Crippen LogP contribution in [0.15, 0.2) is 78.9 Å². The molecule has 6 heteroatoms. The zero-order valence-electron chi connectivity index (χ0n) is 24.3. The van der Waals surface area contributed by atoms with Gasteiger partial charge in [0.25, 0.3) is 0 Å². The van der Waals surface area contributed by atoms with Crippen molar-refractivity contribution < 1.29 is 28.9 Å². The van der Waals surface area contributed by atoms with Crippen molar-refractivity contribution in [3.8, 4) is 16.9 Å². The van der Waals surface area contributed by atoms with Crippen LogP contribution < -0.4 is 4.74 Å². The Balaban J connectivity index is 1.77. The molecule has 1 atom stereocenters. The number of hydrogen-bond acceptors (Lipinski definition) is 5. The normalized spacial score (nSPS) is 11.8. The topological polar surface area (TPSA) is 76.0 Å². The van der Waals surface area contributed by atoms with Crippen LogP contribution >= 0.6 is 0 Å². The summed E-state index contributed by atoms with van der Waals surface area (Å²) < 4.78 is 26.9. The lowest BCUT2D eigenvalue weighted by Gasteiger charge is -2.17. The molecule has 1 unspecified atom stereocenters. The number of aliphatic hydroxyl groups excluding tert-OH is 2. The minimum Gasteiger partial charge on any atom is -0.419 e. The third-order valence-corrected chi connectivity index (χ3v) is 6.97. The van der Waals surface area contributed by atoms with Crippen molar-refractivity contribution in [3.05, 3.63) is 113 Å². The fraction of sp³-hybridized carbons (Fsp3) is 0.343. The van der Waals surface area contributed by atoms with Crippen molar-refractivity contribution >= 4 is 5.97 Å². The number of carbonyl (C=O) groups excluding carboxylic acids is 1. The molecule has 218 valence electrons. The van der Waals surface area contributed by atoms with Gasteiger partial charge in [0.05, 0.1) is 6.61 Å². The molecule has 5 nitrogen and oxygen atoms in total. The molecule has 0 saturated heterocycles. The van der Waals surface area contributed by atoms with Crippen LogP contribution in [0.2, 0.25) is 0 Å². The molecule has 0 amide bonds. The van der Waals surface area contributed by atoms with Gasteiger partial charge in [-0.15, -0.1) is 0 Å². The maximum atomic E-state index is 15.9. The van der Waals surface area contributed by atoms with Crippen molar-refractivity contribution in [2.45, 2.75) is 65.6 Å². The largest absolute Gasteiger partial charge is 0.419 e. The molecule has 3 rings (SSSR count). The second-order valence-corrected chi connectivity index (χ2v) is 10.4. The average molecular weight is 561 g/mol. The Hall–Kier alpha value is -3.58. The molecule has 0 saturated carbocycles. The molecule has 0 aromatic heterocycles. The maximum absolute atomic E-state index is 15.9. The zero-order chi connectivity index (χ0) is 29.9. The van der Waals surface area contributed by atoms with Crippen LogP contribution in [-0.4, -0.2) is 35.7 Å². The van der Waals surface area contributed by atoms with Gasteiger partial charge < -0.3 is 19.7 Å². The molecule has 41 heavy (non-hydrogen) atoms. The number of ether oxygens (including phenoxy) is 2. The third-order valence-electron chi connectivity index (χ3n) is 6.97. The van der Waals surface area contributed by atoms with E-state index in [1.807, 2.05) is 43.3 Å². The highest BCUT2D eigenvalue weighted by molar-refractivity contribution is 5.90. The summed E-state index contributed by atoms with van der Waals surface area (Å²) in [6, 6.07) is 17.6. The highest BCUT2D eigenvalue weighted by atomic mass is 19.1. The van der Waals surface area contributed by atoms with Crippen LogP contribution in [-0.2, 0) is 41.6 Å². The van der Waals surface area contributed by atoms with Gasteiger partial charge in [0.2, 0.25) is 0 Å². The van der Waals surface area contributed by atoms with Crippen LogP contribution in [0, 0.1) is 5.82 Å². The van der Waals surface area contributed by atoms with Crippen LogP contribution in [0.4, 0.5) is 4.39 Å². The second kappa shape index (κ2) is 15.4. The maximum Gasteiger partial charge on any atom is 0.338 e. The number of halogens is 1. The molecular formula is C35H41FO5. The molecule has 0 fully saturated rings. The van der Waals surface area contributed by atoms with Gasteiger partial charge in [0.1, 0.15) is 0 Å². The van der Waals surface area contributed by atoms with Gasteiger partial charge in [-0.2, -0.15) is 0 Å². The van der Waals surface area contributed by atoms with Crippen LogP contribution in [0.25, 0.3) is 11.1 Å². The van der Waals surface area contributed by atoms with Crippen LogP contribution in [0.5, 0.6) is 5.75 Å². The Morgan fingerprint density at radius 3 is 2.12 bits per heavy atom. The Labute approximate surface area is 243 Å². The molecule has 0 spiro atoms. The second-order valence-electron chi connectivity index (χ2n) is 10.4. The van der Waals surface area contributed by atoms with Crippen molar-refractivity contribution in [2.24, 2.45) is 0 Å². The molecule has 0 radical (unpaired) electrons. The number of benzene rings is 3. The van der Waals surface area contributed by atoms with E-state index in [0.29, 0.717) is 49.0 Å². The van der Waals surface area contributed by atoms with Crippen molar-refractivity contribution in [3.63, 3.8) is 0 Å². The smallest absolute Gasteiger partial charge is 0.338 e. The fourth-order valence-electron chi connectivity index (χ4n) is 4.53. The van der Waals surface area contributed by atoms with E-state index in [9.17, 15) is 15.0 Å². The minimum absolute atomic E-state index is 0.0475. The predicted molar refractivity (Wildman–Crippen MR) is 161 cm³/mol. The Kier molecular flexibility index (Phi) is 12.0. The predicted octanol–water partition coefficient (Wildman–Crippen LogP) is 6.70. The highest BCUT2D eigenvalue weighted by Crippen LogP contribution is 2.37. The Morgan fingerprint density at radius 1 is 0.878 bits per heavy atom. The monoisotopic (exact) mass is 560 g/mol. The van der Waals surface area contributed by atoms with E-state index >= 15 is 4.39 Å². The first-order valence-electron chi connectivity index (χ1n) is 14.1. The summed E-state index contributed by atoms with van der Waals surface area (Å²) >= 11 is 0. The number of carbonyl (C=O) groups is 1. The van der Waals surface area contributed by atoms with Crippen LogP contribution in [0.3, 0.4) is 0 Å². The average Bonchev–Trinajstić information content (AvgIpc) is 2.96. The number of aryl methyl sites for hydroxylation is 4. The fourth-order valence-corrected chi connectivity index (χ4v) is 4.53. The first kappa shape index (κ1) is 31.9. The summed E-state index contributed by atoms with van der Waals surface area (Å²) in [5.74, 6) is -1.31. The molecule has 0 aliphatic carbocycles. The molecule has 0 aliphatic heterocycles. The van der Waals surface area contributed by atoms with Crippen LogP contribution in [0.1, 0.15) is 55.0 Å². The van der Waals surface area contributed by atoms with E-state index in [4.69, 9.17) is 9.47 Å². The summed E-state index contributed by atoms with van der Waals surface area (Å²) in [6.07, 6.45) is 2.95. The third kappa shape index (κ3) is 8.95. The van der Waals surface area contributed by atoms with Gasteiger partial charge in [0.15, 0.2) is 17.9 Å². The van der Waals surface area contributed by atoms with E-state index in [0.717, 1.165) is 40.7 Å². The van der Waals surface area contributed by atoms with Gasteiger partial charge in [-0.25, -0.2) is 9.18 Å². The molecule has 0 heterocycles. The van der Waals surface area contributed by atoms with E-state index < -0.39 is 18.1 Å². The van der Waals surface area contributed by atoms with Gasteiger partial charge in [-0.3, -0.25) is 0 Å². The summed E-state index contributed by atoms with van der Waals surface area (Å²) in [5.41, 5.74) is 6.74. The SMILES string of the molecule is C=C(C)C(=O)Oc1c(-c2ccc(CCO)cc2CC)ccc(CCc2ccc(CCCOC(O)C(=C)C)cc2)c1F. The molecule has 2 N–H and O–H groups in total. The summed E-state index contributed by atoms with van der Waals surface area (Å²) in [6.45, 7) is 13.1. The zero-order valence-corrected chi connectivity index (χ0v) is 24.3. The van der Waals surface area contributed by atoms with Crippen molar-refractivity contribution in [1.29, 1.82) is 0 Å². The summed E-state index contributed by atoms with van der Waals surface area (Å²) in [4.78, 5) is 12.5.